The van der Waals surface area contributed by atoms with Gasteiger partial charge in [-0.25, -0.2) is 0 Å². The Hall–Kier alpha value is -2.15. The minimum Gasteiger partial charge on any atom is -0.360 e. The van der Waals surface area contributed by atoms with Crippen LogP contribution in [0.1, 0.15) is 34.8 Å². The smallest absolute Gasteiger partial charge is 0.222 e. The van der Waals surface area contributed by atoms with Crippen LogP contribution in [0.25, 0.3) is 0 Å². The number of aromatic nitrogens is 3. The normalized spacial score (nSPS) is 15.8. The minimum atomic E-state index is 0.234. The highest BCUT2D eigenvalue weighted by Crippen LogP contribution is 2.16. The molecular weight excluding hydrogens is 318 g/mol. The lowest BCUT2D eigenvalue weighted by Gasteiger charge is -2.34. The summed E-state index contributed by atoms with van der Waals surface area (Å²) >= 11 is 0. The molecule has 136 valence electrons. The van der Waals surface area contributed by atoms with Crippen molar-refractivity contribution < 1.29 is 9.32 Å². The maximum atomic E-state index is 12.5. The van der Waals surface area contributed by atoms with Gasteiger partial charge in [-0.2, -0.15) is 5.10 Å². The van der Waals surface area contributed by atoms with Crippen molar-refractivity contribution in [1.82, 2.24) is 24.7 Å². The van der Waals surface area contributed by atoms with Crippen molar-refractivity contribution in [1.29, 1.82) is 0 Å². The Kier molecular flexibility index (Phi) is 5.22. The summed E-state index contributed by atoms with van der Waals surface area (Å²) in [6.45, 7) is 10.0. The highest BCUT2D eigenvalue weighted by molar-refractivity contribution is 5.76. The fourth-order valence-electron chi connectivity index (χ4n) is 3.44. The first-order valence-corrected chi connectivity index (χ1v) is 8.85. The van der Waals surface area contributed by atoms with E-state index in [0.29, 0.717) is 6.42 Å². The molecule has 0 bridgehead atoms. The second kappa shape index (κ2) is 7.39. The number of carbonyl (C=O) groups excluding carboxylic acids is 1. The Morgan fingerprint density at radius 1 is 1.20 bits per heavy atom. The highest BCUT2D eigenvalue weighted by atomic mass is 16.5. The lowest BCUT2D eigenvalue weighted by Crippen LogP contribution is -2.48. The summed E-state index contributed by atoms with van der Waals surface area (Å²) < 4.78 is 7.16. The van der Waals surface area contributed by atoms with Crippen molar-refractivity contribution >= 4 is 5.91 Å². The predicted molar refractivity (Wildman–Crippen MR) is 94.1 cm³/mol. The summed E-state index contributed by atoms with van der Waals surface area (Å²) in [4.78, 5) is 16.8. The molecule has 3 heterocycles. The van der Waals surface area contributed by atoms with E-state index in [4.69, 9.17) is 4.52 Å². The Morgan fingerprint density at radius 2 is 1.92 bits per heavy atom. The molecule has 1 amide bonds. The standard InChI is InChI=1S/C18H27N5O2/c1-13-11-16(25-20-13)12-22-7-9-23(10-8-22)18(24)6-5-17-14(2)19-21(4)15(17)3/h11H,5-10,12H2,1-4H3. The first kappa shape index (κ1) is 17.7. The van der Waals surface area contributed by atoms with Crippen molar-refractivity contribution in [2.75, 3.05) is 26.2 Å². The Labute approximate surface area is 148 Å². The number of aryl methyl sites for hydroxylation is 3. The maximum Gasteiger partial charge on any atom is 0.222 e. The Bertz CT molecular complexity index is 741. The molecule has 0 unspecified atom stereocenters. The molecule has 0 N–H and O–H groups in total. The summed E-state index contributed by atoms with van der Waals surface area (Å²) in [5.41, 5.74) is 4.29. The Morgan fingerprint density at radius 3 is 2.48 bits per heavy atom. The van der Waals surface area contributed by atoms with E-state index in [1.807, 2.05) is 36.5 Å². The van der Waals surface area contributed by atoms with Crippen molar-refractivity contribution in [3.8, 4) is 0 Å². The van der Waals surface area contributed by atoms with Crippen molar-refractivity contribution in [2.24, 2.45) is 7.05 Å². The first-order chi connectivity index (χ1) is 11.9. The average molecular weight is 345 g/mol. The molecule has 1 fully saturated rings. The minimum absolute atomic E-state index is 0.234. The summed E-state index contributed by atoms with van der Waals surface area (Å²) in [6, 6.07) is 1.97. The van der Waals surface area contributed by atoms with Gasteiger partial charge in [0, 0.05) is 51.4 Å². The highest BCUT2D eigenvalue weighted by Gasteiger charge is 2.22. The second-order valence-corrected chi connectivity index (χ2v) is 6.86. The SMILES string of the molecule is Cc1cc(CN2CCN(C(=O)CCc3c(C)nn(C)c3C)CC2)on1. The summed E-state index contributed by atoms with van der Waals surface area (Å²) in [7, 11) is 1.95. The average Bonchev–Trinajstić information content (AvgIpc) is 3.09. The molecule has 25 heavy (non-hydrogen) atoms. The predicted octanol–water partition coefficient (Wildman–Crippen LogP) is 1.61. The van der Waals surface area contributed by atoms with E-state index < -0.39 is 0 Å². The van der Waals surface area contributed by atoms with Gasteiger partial charge in [-0.1, -0.05) is 5.16 Å². The van der Waals surface area contributed by atoms with Crippen LogP contribution in [0.5, 0.6) is 0 Å². The van der Waals surface area contributed by atoms with Crippen LogP contribution in [0.15, 0.2) is 10.6 Å². The zero-order valence-corrected chi connectivity index (χ0v) is 15.6. The lowest BCUT2D eigenvalue weighted by atomic mass is 10.1. The summed E-state index contributed by atoms with van der Waals surface area (Å²) in [6.07, 6.45) is 1.32. The summed E-state index contributed by atoms with van der Waals surface area (Å²) in [5, 5.41) is 8.34. The largest absolute Gasteiger partial charge is 0.360 e. The van der Waals surface area contributed by atoms with Crippen LogP contribution in [0.4, 0.5) is 0 Å². The van der Waals surface area contributed by atoms with Crippen LogP contribution in [-0.4, -0.2) is 56.8 Å². The number of carbonyl (C=O) groups is 1. The molecule has 1 aliphatic rings. The molecule has 7 heteroatoms. The molecule has 3 rings (SSSR count). The van der Waals surface area contributed by atoms with Crippen LogP contribution in [0.2, 0.25) is 0 Å². The van der Waals surface area contributed by atoms with Gasteiger partial charge in [0.2, 0.25) is 5.91 Å². The van der Waals surface area contributed by atoms with Crippen LogP contribution in [-0.2, 0) is 24.8 Å². The molecular formula is C18H27N5O2. The van der Waals surface area contributed by atoms with E-state index in [9.17, 15) is 4.79 Å². The molecule has 1 aliphatic heterocycles. The molecule has 0 spiro atoms. The third kappa shape index (κ3) is 4.10. The van der Waals surface area contributed by atoms with Gasteiger partial charge in [0.05, 0.1) is 17.9 Å². The molecule has 7 nitrogen and oxygen atoms in total. The lowest BCUT2D eigenvalue weighted by molar-refractivity contribution is -0.133. The zero-order valence-electron chi connectivity index (χ0n) is 15.6. The van der Waals surface area contributed by atoms with Gasteiger partial charge in [-0.3, -0.25) is 14.4 Å². The Balaban J connectivity index is 1.46. The fourth-order valence-corrected chi connectivity index (χ4v) is 3.44. The van der Waals surface area contributed by atoms with Crippen LogP contribution < -0.4 is 0 Å². The van der Waals surface area contributed by atoms with E-state index >= 15 is 0 Å². The van der Waals surface area contributed by atoms with Crippen LogP contribution >= 0.6 is 0 Å². The number of rotatable bonds is 5. The van der Waals surface area contributed by atoms with E-state index in [-0.39, 0.29) is 5.91 Å². The van der Waals surface area contributed by atoms with Gasteiger partial charge in [-0.05, 0) is 32.8 Å². The van der Waals surface area contributed by atoms with Gasteiger partial charge in [0.25, 0.3) is 0 Å². The molecule has 0 atom stereocenters. The monoisotopic (exact) mass is 345 g/mol. The molecule has 0 aliphatic carbocycles. The third-order valence-electron chi connectivity index (χ3n) is 5.03. The van der Waals surface area contributed by atoms with Crippen molar-refractivity contribution in [3.63, 3.8) is 0 Å². The fraction of sp³-hybridized carbons (Fsp3) is 0.611. The van der Waals surface area contributed by atoms with Crippen molar-refractivity contribution in [2.45, 2.75) is 40.2 Å². The topological polar surface area (TPSA) is 67.4 Å². The third-order valence-corrected chi connectivity index (χ3v) is 5.03. The number of amides is 1. The number of nitrogens with zero attached hydrogens (tertiary/aromatic N) is 5. The quantitative estimate of drug-likeness (QED) is 0.824. The zero-order chi connectivity index (χ0) is 18.0. The molecule has 1 saturated heterocycles. The maximum absolute atomic E-state index is 12.5. The van der Waals surface area contributed by atoms with Gasteiger partial charge in [0.15, 0.2) is 5.76 Å². The molecule has 0 aromatic carbocycles. The molecule has 2 aromatic heterocycles. The molecule has 2 aromatic rings. The van der Waals surface area contributed by atoms with Crippen molar-refractivity contribution in [3.05, 3.63) is 34.5 Å². The van der Waals surface area contributed by atoms with E-state index in [0.717, 1.165) is 62.0 Å². The summed E-state index contributed by atoms with van der Waals surface area (Å²) in [5.74, 6) is 1.12. The molecule has 0 radical (unpaired) electrons. The number of hydrogen-bond donors (Lipinski definition) is 0. The number of piperazine rings is 1. The second-order valence-electron chi connectivity index (χ2n) is 6.86. The van der Waals surface area contributed by atoms with E-state index in [1.165, 1.54) is 5.56 Å². The van der Waals surface area contributed by atoms with Crippen LogP contribution in [0, 0.1) is 20.8 Å². The van der Waals surface area contributed by atoms with Gasteiger partial charge >= 0.3 is 0 Å². The van der Waals surface area contributed by atoms with E-state index in [1.54, 1.807) is 0 Å². The number of hydrogen-bond acceptors (Lipinski definition) is 5. The molecule has 0 saturated carbocycles. The van der Waals surface area contributed by atoms with Gasteiger partial charge < -0.3 is 9.42 Å². The van der Waals surface area contributed by atoms with Gasteiger partial charge in [0.1, 0.15) is 0 Å². The first-order valence-electron chi connectivity index (χ1n) is 8.85. The van der Waals surface area contributed by atoms with E-state index in [2.05, 4.69) is 22.1 Å². The van der Waals surface area contributed by atoms with Crippen LogP contribution in [0.3, 0.4) is 0 Å². The van der Waals surface area contributed by atoms with Gasteiger partial charge in [-0.15, -0.1) is 0 Å².